The molecule has 58 valence electrons. The van der Waals surface area contributed by atoms with Crippen molar-refractivity contribution < 1.29 is 9.63 Å². The second-order valence-electron chi connectivity index (χ2n) is 1.52. The predicted octanol–water partition coefficient (Wildman–Crippen LogP) is -1.85. The highest BCUT2D eigenvalue weighted by Crippen LogP contribution is 1.67. The Morgan fingerprint density at radius 1 is 1.80 bits per heavy atom. The van der Waals surface area contributed by atoms with Crippen molar-refractivity contribution in [1.29, 1.82) is 5.41 Å². The number of carbonyl (C=O) groups excluding carboxylic acids is 1. The van der Waals surface area contributed by atoms with Crippen molar-refractivity contribution >= 4 is 11.9 Å². The fourth-order valence-corrected chi connectivity index (χ4v) is 0.292. The molecule has 0 unspecified atom stereocenters. The van der Waals surface area contributed by atoms with E-state index in [1.54, 1.807) is 7.05 Å². The van der Waals surface area contributed by atoms with Gasteiger partial charge in [0.2, 0.25) is 5.96 Å². The largest absolute Gasteiger partial charge is 0.368 e. The van der Waals surface area contributed by atoms with Crippen LogP contribution < -0.4 is 16.5 Å². The fraction of sp³-hybridized carbons (Fsp3) is 0.500. The molecule has 6 heteroatoms. The lowest BCUT2D eigenvalue weighted by Gasteiger charge is -2.02. The molecule has 0 fully saturated rings. The molecule has 0 aliphatic rings. The molecule has 0 atom stereocenters. The van der Waals surface area contributed by atoms with Gasteiger partial charge in [-0.25, -0.2) is 4.79 Å². The summed E-state index contributed by atoms with van der Waals surface area (Å²) < 4.78 is 0. The molecule has 0 aromatic heterocycles. The molecular weight excluding hydrogens is 136 g/mol. The zero-order chi connectivity index (χ0) is 7.98. The second kappa shape index (κ2) is 4.57. The second-order valence-corrected chi connectivity index (χ2v) is 1.52. The molecule has 0 bridgehead atoms. The minimum atomic E-state index is -0.516. The lowest BCUT2D eigenvalue weighted by Crippen LogP contribution is -2.35. The van der Waals surface area contributed by atoms with Crippen molar-refractivity contribution in [2.75, 3.05) is 13.6 Å². The van der Waals surface area contributed by atoms with Crippen LogP contribution in [0.25, 0.3) is 0 Å². The maximum Gasteiger partial charge on any atom is 0.345 e. The predicted molar refractivity (Wildman–Crippen MR) is 35.1 cm³/mol. The van der Waals surface area contributed by atoms with Gasteiger partial charge in [-0.2, -0.15) is 5.48 Å². The van der Waals surface area contributed by atoms with E-state index in [-0.39, 0.29) is 6.54 Å². The minimum absolute atomic E-state index is 0.0836. The summed E-state index contributed by atoms with van der Waals surface area (Å²) in [5.74, 6) is -0.915. The van der Waals surface area contributed by atoms with Crippen LogP contribution >= 0.6 is 0 Å². The molecule has 0 spiro atoms. The topological polar surface area (TPSA) is 100 Å². The van der Waals surface area contributed by atoms with Crippen molar-refractivity contribution in [3.05, 3.63) is 0 Å². The van der Waals surface area contributed by atoms with Gasteiger partial charge in [0, 0.05) is 0 Å². The quantitative estimate of drug-likeness (QED) is 0.208. The number of guanidine groups is 1. The van der Waals surface area contributed by atoms with Crippen molar-refractivity contribution in [3.63, 3.8) is 0 Å². The maximum atomic E-state index is 10.4. The summed E-state index contributed by atoms with van der Waals surface area (Å²) in [7, 11) is 1.61. The summed E-state index contributed by atoms with van der Waals surface area (Å²) in [6.45, 7) is 0.0836. The Morgan fingerprint density at radius 2 is 2.40 bits per heavy atom. The summed E-state index contributed by atoms with van der Waals surface area (Å²) in [6, 6.07) is 0. The van der Waals surface area contributed by atoms with Gasteiger partial charge in [-0.3, -0.25) is 5.41 Å². The highest BCUT2D eigenvalue weighted by Gasteiger charge is 1.98. The van der Waals surface area contributed by atoms with Crippen LogP contribution in [0.1, 0.15) is 0 Å². The average molecular weight is 146 g/mol. The molecule has 0 aliphatic heterocycles. The Labute approximate surface area is 58.2 Å². The van der Waals surface area contributed by atoms with E-state index in [1.807, 2.05) is 5.48 Å². The van der Waals surface area contributed by atoms with E-state index in [4.69, 9.17) is 11.1 Å². The van der Waals surface area contributed by atoms with Gasteiger partial charge in [0.15, 0.2) is 0 Å². The molecule has 0 amide bonds. The molecule has 0 saturated carbocycles. The lowest BCUT2D eigenvalue weighted by atomic mass is 10.7. The smallest absolute Gasteiger partial charge is 0.345 e. The van der Waals surface area contributed by atoms with Crippen molar-refractivity contribution in [1.82, 2.24) is 10.8 Å². The van der Waals surface area contributed by atoms with E-state index in [1.165, 1.54) is 0 Å². The van der Waals surface area contributed by atoms with Crippen LogP contribution in [0, 0.1) is 5.41 Å². The van der Waals surface area contributed by atoms with E-state index in [0.717, 1.165) is 0 Å². The van der Waals surface area contributed by atoms with Gasteiger partial charge in [0.1, 0.15) is 0 Å². The first-order valence-electron chi connectivity index (χ1n) is 2.61. The van der Waals surface area contributed by atoms with Crippen molar-refractivity contribution in [2.45, 2.75) is 0 Å². The van der Waals surface area contributed by atoms with E-state index in [2.05, 4.69) is 10.2 Å². The summed E-state index contributed by atoms with van der Waals surface area (Å²) in [6.07, 6.45) is 0. The van der Waals surface area contributed by atoms with Gasteiger partial charge in [0.25, 0.3) is 0 Å². The van der Waals surface area contributed by atoms with Crippen LogP contribution in [0.15, 0.2) is 0 Å². The Balaban J connectivity index is 3.30. The molecule has 0 aliphatic carbocycles. The van der Waals surface area contributed by atoms with E-state index in [9.17, 15) is 4.79 Å². The summed E-state index contributed by atoms with van der Waals surface area (Å²) >= 11 is 0. The van der Waals surface area contributed by atoms with Gasteiger partial charge in [-0.1, -0.05) is 0 Å². The van der Waals surface area contributed by atoms with Crippen molar-refractivity contribution in [3.8, 4) is 0 Å². The van der Waals surface area contributed by atoms with Crippen LogP contribution in [0.4, 0.5) is 0 Å². The summed E-state index contributed by atoms with van der Waals surface area (Å²) in [5.41, 5.74) is 6.71. The third-order valence-corrected chi connectivity index (χ3v) is 0.596. The molecule has 0 saturated heterocycles. The number of hydrogen-bond donors (Lipinski definition) is 4. The van der Waals surface area contributed by atoms with Crippen molar-refractivity contribution in [2.24, 2.45) is 5.73 Å². The van der Waals surface area contributed by atoms with E-state index >= 15 is 0 Å². The van der Waals surface area contributed by atoms with Crippen LogP contribution in [0.3, 0.4) is 0 Å². The number of nitrogens with one attached hydrogen (secondary N) is 3. The normalized spacial score (nSPS) is 8.50. The molecular formula is C4H10N4O2. The fourth-order valence-electron chi connectivity index (χ4n) is 0.292. The summed E-state index contributed by atoms with van der Waals surface area (Å²) in [4.78, 5) is 14.7. The Hall–Kier alpha value is -1.30. The first-order valence-corrected chi connectivity index (χ1v) is 2.61. The molecule has 0 rings (SSSR count). The van der Waals surface area contributed by atoms with Crippen LogP contribution in [0.5, 0.6) is 0 Å². The van der Waals surface area contributed by atoms with Gasteiger partial charge in [0.05, 0.1) is 6.54 Å². The molecule has 10 heavy (non-hydrogen) atoms. The maximum absolute atomic E-state index is 10.4. The number of likely N-dealkylation sites (N-methyl/N-ethyl adjacent to an activating group) is 1. The zero-order valence-corrected chi connectivity index (χ0v) is 5.60. The number of hydrogen-bond acceptors (Lipinski definition) is 4. The minimum Gasteiger partial charge on any atom is -0.368 e. The number of hydroxylamine groups is 1. The Bertz CT molecular complexity index is 135. The lowest BCUT2D eigenvalue weighted by molar-refractivity contribution is -0.146. The zero-order valence-electron chi connectivity index (χ0n) is 5.60. The standard InChI is InChI=1S/C4H10N4O2/c1-7-2-3(9)10-8-4(5)6/h7H,2H2,1H3,(H4,5,6,8). The molecule has 0 aromatic carbocycles. The number of nitrogens with two attached hydrogens (primary N) is 1. The SMILES string of the molecule is CNCC(=O)ONC(=N)N. The monoisotopic (exact) mass is 146 g/mol. The van der Waals surface area contributed by atoms with Crippen LogP contribution in [-0.2, 0) is 9.63 Å². The molecule has 0 heterocycles. The van der Waals surface area contributed by atoms with E-state index in [0.29, 0.717) is 0 Å². The van der Waals surface area contributed by atoms with Gasteiger partial charge in [-0.05, 0) is 7.05 Å². The Morgan fingerprint density at radius 3 is 2.80 bits per heavy atom. The van der Waals surface area contributed by atoms with Crippen LogP contribution in [-0.4, -0.2) is 25.5 Å². The average Bonchev–Trinajstić information content (AvgIpc) is 1.85. The highest BCUT2D eigenvalue weighted by molar-refractivity contribution is 5.77. The van der Waals surface area contributed by atoms with E-state index < -0.39 is 11.9 Å². The van der Waals surface area contributed by atoms with Gasteiger partial charge in [-0.15, -0.1) is 0 Å². The molecule has 5 N–H and O–H groups in total. The van der Waals surface area contributed by atoms with Gasteiger partial charge < -0.3 is 15.9 Å². The molecule has 6 nitrogen and oxygen atoms in total. The highest BCUT2D eigenvalue weighted by atomic mass is 16.7. The van der Waals surface area contributed by atoms with Gasteiger partial charge >= 0.3 is 5.97 Å². The third kappa shape index (κ3) is 4.85. The first-order chi connectivity index (χ1) is 4.66. The summed E-state index contributed by atoms with van der Waals surface area (Å²) in [5, 5.41) is 9.15. The number of carbonyl (C=O) groups is 1. The van der Waals surface area contributed by atoms with Crippen LogP contribution in [0.2, 0.25) is 0 Å². The Kier molecular flexibility index (Phi) is 3.97. The molecule has 0 radical (unpaired) electrons. The molecule has 0 aromatic rings. The third-order valence-electron chi connectivity index (χ3n) is 0.596. The number of rotatable bonds is 2. The first kappa shape index (κ1) is 8.70.